The van der Waals surface area contributed by atoms with Crippen LogP contribution in [0.4, 0.5) is 0 Å². The second-order valence-electron chi connectivity index (χ2n) is 3.19. The molecule has 0 radical (unpaired) electrons. The summed E-state index contributed by atoms with van der Waals surface area (Å²) in [6.45, 7) is 1.93. The molecule has 1 aromatic rings. The standard InChI is InChI=1S/C10H11BrClNO2/c1-6(10(13)14)5-15-9-4-7(11)2-3-8(9)12/h2-4,6H,5H2,1H3,(H2,13,14). The normalized spacial score (nSPS) is 12.2. The number of rotatable bonds is 4. The number of hydrogen-bond acceptors (Lipinski definition) is 2. The smallest absolute Gasteiger partial charge is 0.223 e. The number of benzene rings is 1. The Labute approximate surface area is 102 Å². The average Bonchev–Trinajstić information content (AvgIpc) is 2.18. The number of nitrogens with two attached hydrogens (primary N) is 1. The van der Waals surface area contributed by atoms with Gasteiger partial charge in [0.2, 0.25) is 5.91 Å². The first-order chi connectivity index (χ1) is 7.00. The first-order valence-electron chi connectivity index (χ1n) is 4.38. The molecule has 1 amide bonds. The highest BCUT2D eigenvalue weighted by Gasteiger charge is 2.10. The summed E-state index contributed by atoms with van der Waals surface area (Å²) in [6, 6.07) is 5.28. The summed E-state index contributed by atoms with van der Waals surface area (Å²) in [5.74, 6) is -0.180. The first-order valence-corrected chi connectivity index (χ1v) is 5.55. The molecule has 0 saturated heterocycles. The van der Waals surface area contributed by atoms with Gasteiger partial charge in [-0.25, -0.2) is 0 Å². The minimum atomic E-state index is -0.388. The van der Waals surface area contributed by atoms with Crippen molar-refractivity contribution < 1.29 is 9.53 Å². The van der Waals surface area contributed by atoms with Gasteiger partial charge in [-0.05, 0) is 18.2 Å². The lowest BCUT2D eigenvalue weighted by molar-refractivity contribution is -0.122. The van der Waals surface area contributed by atoms with Crippen molar-refractivity contribution in [2.75, 3.05) is 6.61 Å². The molecule has 0 heterocycles. The third kappa shape index (κ3) is 3.72. The van der Waals surface area contributed by atoms with Crippen molar-refractivity contribution in [3.05, 3.63) is 27.7 Å². The highest BCUT2D eigenvalue weighted by Crippen LogP contribution is 2.28. The van der Waals surface area contributed by atoms with Crippen LogP contribution in [0.15, 0.2) is 22.7 Å². The van der Waals surface area contributed by atoms with Gasteiger partial charge >= 0.3 is 0 Å². The highest BCUT2D eigenvalue weighted by atomic mass is 79.9. The van der Waals surface area contributed by atoms with E-state index in [0.717, 1.165) is 4.47 Å². The summed E-state index contributed by atoms with van der Waals surface area (Å²) in [7, 11) is 0. The molecule has 0 aromatic heterocycles. The van der Waals surface area contributed by atoms with E-state index in [-0.39, 0.29) is 18.4 Å². The minimum Gasteiger partial charge on any atom is -0.491 e. The number of primary amides is 1. The molecule has 82 valence electrons. The van der Waals surface area contributed by atoms with E-state index >= 15 is 0 Å². The van der Waals surface area contributed by atoms with Gasteiger partial charge in [0.25, 0.3) is 0 Å². The molecule has 2 N–H and O–H groups in total. The summed E-state index contributed by atoms with van der Waals surface area (Å²) < 4.78 is 6.25. The van der Waals surface area contributed by atoms with E-state index in [0.29, 0.717) is 10.8 Å². The third-order valence-electron chi connectivity index (χ3n) is 1.87. The Hall–Kier alpha value is -0.740. The van der Waals surface area contributed by atoms with E-state index in [1.165, 1.54) is 0 Å². The van der Waals surface area contributed by atoms with E-state index in [1.807, 2.05) is 6.07 Å². The minimum absolute atomic E-state index is 0.228. The lowest BCUT2D eigenvalue weighted by atomic mass is 10.2. The van der Waals surface area contributed by atoms with Crippen molar-refractivity contribution in [3.63, 3.8) is 0 Å². The molecule has 5 heteroatoms. The third-order valence-corrected chi connectivity index (χ3v) is 2.67. The molecule has 1 atom stereocenters. The maximum Gasteiger partial charge on any atom is 0.223 e. The van der Waals surface area contributed by atoms with Crippen LogP contribution in [-0.4, -0.2) is 12.5 Å². The lowest BCUT2D eigenvalue weighted by Gasteiger charge is -2.11. The van der Waals surface area contributed by atoms with Gasteiger partial charge in [0.15, 0.2) is 0 Å². The molecule has 0 spiro atoms. The molecule has 0 fully saturated rings. The SMILES string of the molecule is CC(COc1cc(Br)ccc1Cl)C(N)=O. The fourth-order valence-corrected chi connectivity index (χ4v) is 1.40. The summed E-state index contributed by atoms with van der Waals surface area (Å²) in [5.41, 5.74) is 5.11. The average molecular weight is 293 g/mol. The van der Waals surface area contributed by atoms with Gasteiger partial charge in [-0.15, -0.1) is 0 Å². The monoisotopic (exact) mass is 291 g/mol. The Morgan fingerprint density at radius 1 is 1.67 bits per heavy atom. The van der Waals surface area contributed by atoms with Crippen molar-refractivity contribution in [1.82, 2.24) is 0 Å². The van der Waals surface area contributed by atoms with Crippen LogP contribution in [-0.2, 0) is 4.79 Å². The largest absolute Gasteiger partial charge is 0.491 e. The Balaban J connectivity index is 2.65. The fraction of sp³-hybridized carbons (Fsp3) is 0.300. The van der Waals surface area contributed by atoms with Crippen LogP contribution in [0.1, 0.15) is 6.92 Å². The van der Waals surface area contributed by atoms with Gasteiger partial charge in [0, 0.05) is 4.47 Å². The van der Waals surface area contributed by atoms with E-state index < -0.39 is 0 Å². The number of ether oxygens (including phenoxy) is 1. The van der Waals surface area contributed by atoms with Crippen molar-refractivity contribution in [2.24, 2.45) is 11.7 Å². The van der Waals surface area contributed by atoms with Crippen molar-refractivity contribution in [1.29, 1.82) is 0 Å². The lowest BCUT2D eigenvalue weighted by Crippen LogP contribution is -2.25. The maximum absolute atomic E-state index is 10.8. The van der Waals surface area contributed by atoms with Crippen molar-refractivity contribution >= 4 is 33.4 Å². The Kier molecular flexibility index (Phi) is 4.42. The van der Waals surface area contributed by atoms with Gasteiger partial charge < -0.3 is 10.5 Å². The number of carbonyl (C=O) groups excluding carboxylic acids is 1. The van der Waals surface area contributed by atoms with Crippen LogP contribution < -0.4 is 10.5 Å². The molecule has 0 aliphatic carbocycles. The Morgan fingerprint density at radius 3 is 2.93 bits per heavy atom. The van der Waals surface area contributed by atoms with Crippen molar-refractivity contribution in [2.45, 2.75) is 6.92 Å². The fourth-order valence-electron chi connectivity index (χ4n) is 0.885. The summed E-state index contributed by atoms with van der Waals surface area (Å²) in [6.07, 6.45) is 0. The number of amides is 1. The molecule has 0 bridgehead atoms. The topological polar surface area (TPSA) is 52.3 Å². The molecule has 3 nitrogen and oxygen atoms in total. The predicted molar refractivity (Wildman–Crippen MR) is 63.0 cm³/mol. The number of halogens is 2. The van der Waals surface area contributed by atoms with Crippen LogP contribution in [0.2, 0.25) is 5.02 Å². The molecule has 0 aliphatic rings. The summed E-state index contributed by atoms with van der Waals surface area (Å²) in [5, 5.41) is 0.509. The molecule has 1 unspecified atom stereocenters. The van der Waals surface area contributed by atoms with Gasteiger partial charge in [-0.3, -0.25) is 4.79 Å². The number of hydrogen-bond donors (Lipinski definition) is 1. The molecule has 0 aliphatic heterocycles. The Bertz CT molecular complexity index is 370. The zero-order valence-corrected chi connectivity index (χ0v) is 10.5. The molecular formula is C10H11BrClNO2. The van der Waals surface area contributed by atoms with E-state index in [9.17, 15) is 4.79 Å². The molecule has 15 heavy (non-hydrogen) atoms. The Morgan fingerprint density at radius 2 is 2.33 bits per heavy atom. The molecule has 1 rings (SSSR count). The van der Waals surface area contributed by atoms with E-state index in [2.05, 4.69) is 15.9 Å². The van der Waals surface area contributed by atoms with Crippen LogP contribution >= 0.6 is 27.5 Å². The molecule has 0 saturated carbocycles. The summed E-state index contributed by atoms with van der Waals surface area (Å²) >= 11 is 9.20. The second kappa shape index (κ2) is 5.37. The predicted octanol–water partition coefficient (Wildman–Crippen LogP) is 2.60. The van der Waals surface area contributed by atoms with Gasteiger partial charge in [-0.2, -0.15) is 0 Å². The zero-order valence-electron chi connectivity index (χ0n) is 8.17. The maximum atomic E-state index is 10.8. The quantitative estimate of drug-likeness (QED) is 0.927. The van der Waals surface area contributed by atoms with E-state index in [4.69, 9.17) is 22.1 Å². The van der Waals surface area contributed by atoms with Crippen LogP contribution in [0, 0.1) is 5.92 Å². The van der Waals surface area contributed by atoms with E-state index in [1.54, 1.807) is 19.1 Å². The summed E-state index contributed by atoms with van der Waals surface area (Å²) in [4.78, 5) is 10.8. The van der Waals surface area contributed by atoms with Crippen LogP contribution in [0.25, 0.3) is 0 Å². The van der Waals surface area contributed by atoms with Gasteiger partial charge in [0.05, 0.1) is 17.5 Å². The molecular weight excluding hydrogens is 281 g/mol. The first kappa shape index (κ1) is 12.3. The highest BCUT2D eigenvalue weighted by molar-refractivity contribution is 9.10. The van der Waals surface area contributed by atoms with Gasteiger partial charge in [-0.1, -0.05) is 34.5 Å². The van der Waals surface area contributed by atoms with Gasteiger partial charge in [0.1, 0.15) is 5.75 Å². The second-order valence-corrected chi connectivity index (χ2v) is 4.51. The number of carbonyl (C=O) groups is 1. The van der Waals surface area contributed by atoms with Crippen molar-refractivity contribution in [3.8, 4) is 5.75 Å². The van der Waals surface area contributed by atoms with Crippen LogP contribution in [0.3, 0.4) is 0 Å². The van der Waals surface area contributed by atoms with Crippen LogP contribution in [0.5, 0.6) is 5.75 Å². The molecule has 1 aromatic carbocycles. The zero-order chi connectivity index (χ0) is 11.4.